The fourth-order valence-corrected chi connectivity index (χ4v) is 1.03. The molecule has 0 aromatic heterocycles. The molecule has 19 heavy (non-hydrogen) atoms. The summed E-state index contributed by atoms with van der Waals surface area (Å²) in [6.07, 6.45) is -4.53. The largest absolute Gasteiger partial charge is 0.479 e. The average Bonchev–Trinajstić information content (AvgIpc) is 2.38. The van der Waals surface area contributed by atoms with E-state index in [-0.39, 0.29) is 6.04 Å². The van der Waals surface area contributed by atoms with Gasteiger partial charge in [-0.2, -0.15) is 0 Å². The van der Waals surface area contributed by atoms with E-state index in [0.29, 0.717) is 0 Å². The van der Waals surface area contributed by atoms with Crippen molar-refractivity contribution < 1.29 is 30.0 Å². The summed E-state index contributed by atoms with van der Waals surface area (Å²) in [5.74, 6) is -3.54. The van der Waals surface area contributed by atoms with Crippen molar-refractivity contribution in [3.05, 3.63) is 35.9 Å². The quantitative estimate of drug-likeness (QED) is 0.501. The second kappa shape index (κ2) is 8.20. The van der Waals surface area contributed by atoms with Crippen molar-refractivity contribution in [2.75, 3.05) is 0 Å². The fourth-order valence-electron chi connectivity index (χ4n) is 1.03. The zero-order valence-electron chi connectivity index (χ0n) is 10.3. The molecule has 0 fully saturated rings. The number of carboxylic acids is 2. The van der Waals surface area contributed by atoms with Crippen LogP contribution in [0, 0.1) is 0 Å². The molecular weight excluding hydrogens is 254 g/mol. The molecule has 0 bridgehead atoms. The number of hydrogen-bond acceptors (Lipinski definition) is 5. The Hall–Kier alpha value is -1.96. The van der Waals surface area contributed by atoms with E-state index < -0.39 is 24.1 Å². The summed E-state index contributed by atoms with van der Waals surface area (Å²) in [4.78, 5) is 19.5. The third-order valence-electron chi connectivity index (χ3n) is 2.13. The fraction of sp³-hybridized carbons (Fsp3) is 0.333. The highest BCUT2D eigenvalue weighted by atomic mass is 16.4. The van der Waals surface area contributed by atoms with E-state index in [1.54, 1.807) is 0 Å². The molecule has 0 spiro atoms. The van der Waals surface area contributed by atoms with Gasteiger partial charge in [0.1, 0.15) is 0 Å². The second-order valence-electron chi connectivity index (χ2n) is 3.77. The van der Waals surface area contributed by atoms with Crippen LogP contribution in [0.15, 0.2) is 30.3 Å². The third kappa shape index (κ3) is 6.51. The van der Waals surface area contributed by atoms with Gasteiger partial charge in [0.2, 0.25) is 0 Å². The smallest absolute Gasteiger partial charge is 0.335 e. The van der Waals surface area contributed by atoms with Crippen LogP contribution in [0.25, 0.3) is 0 Å². The minimum absolute atomic E-state index is 0.159. The van der Waals surface area contributed by atoms with E-state index in [1.165, 1.54) is 5.56 Å². The predicted octanol–water partition coefficient (Wildman–Crippen LogP) is -0.416. The van der Waals surface area contributed by atoms with Crippen molar-refractivity contribution in [3.8, 4) is 0 Å². The summed E-state index contributed by atoms with van der Waals surface area (Å²) < 4.78 is 0. The Bertz CT molecular complexity index is 388. The van der Waals surface area contributed by atoms with Gasteiger partial charge >= 0.3 is 11.9 Å². The van der Waals surface area contributed by atoms with Crippen molar-refractivity contribution in [3.63, 3.8) is 0 Å². The summed E-state index contributed by atoms with van der Waals surface area (Å²) in [7, 11) is 0. The number of aliphatic hydroxyl groups excluding tert-OH is 2. The Morgan fingerprint density at radius 3 is 1.58 bits per heavy atom. The van der Waals surface area contributed by atoms with Gasteiger partial charge in [-0.3, -0.25) is 0 Å². The van der Waals surface area contributed by atoms with Crippen LogP contribution >= 0.6 is 0 Å². The molecule has 0 unspecified atom stereocenters. The van der Waals surface area contributed by atoms with E-state index in [9.17, 15) is 9.59 Å². The Labute approximate surface area is 109 Å². The van der Waals surface area contributed by atoms with Gasteiger partial charge in [-0.15, -0.1) is 0 Å². The lowest BCUT2D eigenvalue weighted by Crippen LogP contribution is -2.39. The third-order valence-corrected chi connectivity index (χ3v) is 2.13. The highest BCUT2D eigenvalue weighted by Gasteiger charge is 2.29. The number of aliphatic hydroxyl groups is 2. The zero-order valence-corrected chi connectivity index (χ0v) is 10.3. The van der Waals surface area contributed by atoms with Crippen LogP contribution < -0.4 is 5.73 Å². The minimum Gasteiger partial charge on any atom is -0.479 e. The van der Waals surface area contributed by atoms with Crippen LogP contribution in [0.5, 0.6) is 0 Å². The molecule has 106 valence electrons. The van der Waals surface area contributed by atoms with Crippen molar-refractivity contribution in [1.82, 2.24) is 0 Å². The first-order valence-corrected chi connectivity index (χ1v) is 5.39. The summed E-state index contributed by atoms with van der Waals surface area (Å²) >= 11 is 0. The molecule has 0 saturated heterocycles. The molecule has 3 atom stereocenters. The highest BCUT2D eigenvalue weighted by molar-refractivity contribution is 5.83. The summed E-state index contributed by atoms with van der Waals surface area (Å²) in [5, 5.41) is 32.5. The number of aliphatic carboxylic acids is 2. The van der Waals surface area contributed by atoms with Crippen LogP contribution in [0.3, 0.4) is 0 Å². The molecular formula is C12H17NO6. The Morgan fingerprint density at radius 1 is 1.00 bits per heavy atom. The molecule has 0 amide bonds. The summed E-state index contributed by atoms with van der Waals surface area (Å²) in [5.41, 5.74) is 6.81. The molecule has 0 aliphatic carbocycles. The zero-order chi connectivity index (χ0) is 15.0. The first-order chi connectivity index (χ1) is 8.77. The number of carbonyl (C=O) groups is 2. The Kier molecular flexibility index (Phi) is 7.35. The van der Waals surface area contributed by atoms with Gasteiger partial charge in [-0.1, -0.05) is 30.3 Å². The van der Waals surface area contributed by atoms with Crippen LogP contribution in [-0.2, 0) is 9.59 Å². The molecule has 6 N–H and O–H groups in total. The number of nitrogens with two attached hydrogens (primary N) is 1. The molecule has 1 aromatic carbocycles. The predicted molar refractivity (Wildman–Crippen MR) is 66.3 cm³/mol. The van der Waals surface area contributed by atoms with Gasteiger partial charge in [0.25, 0.3) is 0 Å². The SMILES string of the molecule is C[C@@H](N)c1ccccc1.O=C(O)[C@H](O)[C@@H](O)C(=O)O. The summed E-state index contributed by atoms with van der Waals surface area (Å²) in [6, 6.07) is 10.2. The van der Waals surface area contributed by atoms with Gasteiger partial charge < -0.3 is 26.2 Å². The molecule has 0 heterocycles. The maximum Gasteiger partial charge on any atom is 0.335 e. The lowest BCUT2D eigenvalue weighted by Gasteiger charge is -2.07. The van der Waals surface area contributed by atoms with Crippen molar-refractivity contribution in [2.45, 2.75) is 25.2 Å². The molecule has 0 saturated carbocycles. The lowest BCUT2D eigenvalue weighted by molar-refractivity contribution is -0.165. The van der Waals surface area contributed by atoms with Crippen LogP contribution in [0.4, 0.5) is 0 Å². The van der Waals surface area contributed by atoms with Crippen LogP contribution in [-0.4, -0.2) is 44.6 Å². The Balaban J connectivity index is 0.000000342. The molecule has 1 aromatic rings. The lowest BCUT2D eigenvalue weighted by atomic mass is 10.1. The number of benzene rings is 1. The standard InChI is InChI=1S/C8H11N.C4H6O6/c1-7(9)8-5-3-2-4-6-8;5-1(3(7)8)2(6)4(9)10/h2-7H,9H2,1H3;1-2,5-6H,(H,7,8)(H,9,10)/t7-;1-,2-/m11/s1. The van der Waals surface area contributed by atoms with E-state index in [0.717, 1.165) is 0 Å². The first-order valence-electron chi connectivity index (χ1n) is 5.39. The molecule has 7 nitrogen and oxygen atoms in total. The van der Waals surface area contributed by atoms with Crippen LogP contribution in [0.1, 0.15) is 18.5 Å². The van der Waals surface area contributed by atoms with Gasteiger partial charge in [0, 0.05) is 6.04 Å². The number of rotatable bonds is 4. The maximum atomic E-state index is 9.77. The summed E-state index contributed by atoms with van der Waals surface area (Å²) in [6.45, 7) is 1.98. The maximum absolute atomic E-state index is 9.77. The van der Waals surface area contributed by atoms with E-state index in [4.69, 9.17) is 26.2 Å². The van der Waals surface area contributed by atoms with Gasteiger partial charge in [0.15, 0.2) is 12.2 Å². The number of carboxylic acid groups (broad SMARTS) is 2. The Morgan fingerprint density at radius 2 is 1.37 bits per heavy atom. The molecule has 0 radical (unpaired) electrons. The van der Waals surface area contributed by atoms with Gasteiger partial charge in [-0.25, -0.2) is 9.59 Å². The second-order valence-corrected chi connectivity index (χ2v) is 3.77. The monoisotopic (exact) mass is 271 g/mol. The minimum atomic E-state index is -2.27. The van der Waals surface area contributed by atoms with E-state index in [1.807, 2.05) is 37.3 Å². The molecule has 0 aliphatic heterocycles. The van der Waals surface area contributed by atoms with E-state index in [2.05, 4.69) is 0 Å². The molecule has 0 aliphatic rings. The van der Waals surface area contributed by atoms with Crippen LogP contribution in [0.2, 0.25) is 0 Å². The first kappa shape index (κ1) is 17.0. The van der Waals surface area contributed by atoms with Crippen molar-refractivity contribution >= 4 is 11.9 Å². The van der Waals surface area contributed by atoms with Gasteiger partial charge in [-0.05, 0) is 12.5 Å². The normalized spacial score (nSPS) is 14.5. The molecule has 7 heteroatoms. The molecule has 1 rings (SSSR count). The van der Waals surface area contributed by atoms with Crippen molar-refractivity contribution in [1.29, 1.82) is 0 Å². The number of hydrogen-bond donors (Lipinski definition) is 5. The average molecular weight is 271 g/mol. The highest BCUT2D eigenvalue weighted by Crippen LogP contribution is 2.06. The topological polar surface area (TPSA) is 141 Å². The van der Waals surface area contributed by atoms with E-state index >= 15 is 0 Å². The van der Waals surface area contributed by atoms with Crippen molar-refractivity contribution in [2.24, 2.45) is 5.73 Å². The van der Waals surface area contributed by atoms with Gasteiger partial charge in [0.05, 0.1) is 0 Å².